The Morgan fingerprint density at radius 3 is 1.84 bits per heavy atom. The van der Waals surface area contributed by atoms with E-state index in [0.717, 1.165) is 0 Å². The lowest BCUT2D eigenvalue weighted by molar-refractivity contribution is -0.194. The molecule has 1 saturated heterocycles. The van der Waals surface area contributed by atoms with E-state index in [1.165, 1.54) is 20.8 Å². The van der Waals surface area contributed by atoms with Crippen LogP contribution in [0.5, 0.6) is 0 Å². The standard InChI is InChI=1S/C11H15IO7/c1-5(13)16-9-8(4-12)19-11(18-7(3)15)10(9)17-6(2)14/h8-11H,4H2,1-3H3/t8-,9-,10-,11?/m1/s1. The van der Waals surface area contributed by atoms with Crippen molar-refractivity contribution >= 4 is 40.5 Å². The maximum atomic E-state index is 11.1. The molecule has 0 aromatic heterocycles. The maximum absolute atomic E-state index is 11.1. The molecule has 1 aliphatic rings. The summed E-state index contributed by atoms with van der Waals surface area (Å²) in [5.74, 6) is -1.67. The molecule has 108 valence electrons. The van der Waals surface area contributed by atoms with Crippen LogP contribution in [0.3, 0.4) is 0 Å². The number of halogens is 1. The molecular weight excluding hydrogens is 371 g/mol. The summed E-state index contributed by atoms with van der Waals surface area (Å²) in [6.07, 6.45) is -3.31. The van der Waals surface area contributed by atoms with Crippen molar-refractivity contribution in [3.63, 3.8) is 0 Å². The van der Waals surface area contributed by atoms with Gasteiger partial charge in [-0.1, -0.05) is 22.6 Å². The highest BCUT2D eigenvalue weighted by Gasteiger charge is 2.50. The highest BCUT2D eigenvalue weighted by Crippen LogP contribution is 2.29. The fourth-order valence-electron chi connectivity index (χ4n) is 1.73. The number of esters is 3. The van der Waals surface area contributed by atoms with Crippen LogP contribution < -0.4 is 0 Å². The Morgan fingerprint density at radius 1 is 0.947 bits per heavy atom. The first-order valence-electron chi connectivity index (χ1n) is 5.58. The van der Waals surface area contributed by atoms with E-state index in [1.807, 2.05) is 22.6 Å². The van der Waals surface area contributed by atoms with E-state index < -0.39 is 42.5 Å². The van der Waals surface area contributed by atoms with Crippen molar-refractivity contribution in [1.29, 1.82) is 0 Å². The van der Waals surface area contributed by atoms with Gasteiger partial charge in [-0.2, -0.15) is 0 Å². The fraction of sp³-hybridized carbons (Fsp3) is 0.727. The van der Waals surface area contributed by atoms with E-state index in [2.05, 4.69) is 0 Å². The second-order valence-corrected chi connectivity index (χ2v) is 4.84. The lowest BCUT2D eigenvalue weighted by atomic mass is 10.1. The quantitative estimate of drug-likeness (QED) is 0.302. The zero-order chi connectivity index (χ0) is 14.6. The Bertz CT molecular complexity index is 370. The van der Waals surface area contributed by atoms with Gasteiger partial charge in [-0.05, 0) is 0 Å². The fourth-order valence-corrected chi connectivity index (χ4v) is 2.43. The molecule has 1 unspecified atom stereocenters. The van der Waals surface area contributed by atoms with Crippen molar-refractivity contribution in [3.8, 4) is 0 Å². The van der Waals surface area contributed by atoms with Gasteiger partial charge in [-0.15, -0.1) is 0 Å². The summed E-state index contributed by atoms with van der Waals surface area (Å²) in [5.41, 5.74) is 0. The Balaban J connectivity index is 2.90. The van der Waals surface area contributed by atoms with Crippen LogP contribution in [0.2, 0.25) is 0 Å². The second kappa shape index (κ2) is 7.04. The number of hydrogen-bond donors (Lipinski definition) is 0. The van der Waals surface area contributed by atoms with E-state index in [4.69, 9.17) is 18.9 Å². The average Bonchev–Trinajstić information content (AvgIpc) is 2.55. The third-order valence-electron chi connectivity index (χ3n) is 2.31. The van der Waals surface area contributed by atoms with Gasteiger partial charge in [0, 0.05) is 25.2 Å². The summed E-state index contributed by atoms with van der Waals surface area (Å²) in [4.78, 5) is 33.2. The van der Waals surface area contributed by atoms with Crippen molar-refractivity contribution < 1.29 is 33.3 Å². The molecule has 0 aromatic rings. The molecule has 0 radical (unpaired) electrons. The predicted octanol–water partition coefficient (Wildman–Crippen LogP) is 0.573. The molecule has 8 heteroatoms. The normalized spacial score (nSPS) is 29.7. The molecule has 1 heterocycles. The number of rotatable bonds is 4. The van der Waals surface area contributed by atoms with E-state index in [9.17, 15) is 14.4 Å². The van der Waals surface area contributed by atoms with Crippen molar-refractivity contribution in [2.45, 2.75) is 45.4 Å². The van der Waals surface area contributed by atoms with Gasteiger partial charge in [-0.3, -0.25) is 14.4 Å². The van der Waals surface area contributed by atoms with Gasteiger partial charge < -0.3 is 18.9 Å². The highest BCUT2D eigenvalue weighted by atomic mass is 127. The Hall–Kier alpha value is -0.900. The number of hydrogen-bond acceptors (Lipinski definition) is 7. The van der Waals surface area contributed by atoms with Crippen LogP contribution in [0.15, 0.2) is 0 Å². The summed E-state index contributed by atoms with van der Waals surface area (Å²) < 4.78 is 21.0. The summed E-state index contributed by atoms with van der Waals surface area (Å²) in [6, 6.07) is 0. The molecule has 19 heavy (non-hydrogen) atoms. The molecule has 0 spiro atoms. The maximum Gasteiger partial charge on any atom is 0.305 e. The van der Waals surface area contributed by atoms with Crippen LogP contribution in [0.4, 0.5) is 0 Å². The Labute approximate surface area is 124 Å². The molecule has 0 N–H and O–H groups in total. The third kappa shape index (κ3) is 4.60. The lowest BCUT2D eigenvalue weighted by Crippen LogP contribution is -2.41. The van der Waals surface area contributed by atoms with E-state index >= 15 is 0 Å². The number of carbonyl (C=O) groups excluding carboxylic acids is 3. The average molecular weight is 386 g/mol. The molecule has 1 aliphatic heterocycles. The monoisotopic (exact) mass is 386 g/mol. The Morgan fingerprint density at radius 2 is 1.42 bits per heavy atom. The van der Waals surface area contributed by atoms with Gasteiger partial charge in [0.05, 0.1) is 0 Å². The predicted molar refractivity (Wildman–Crippen MR) is 70.4 cm³/mol. The van der Waals surface area contributed by atoms with Crippen molar-refractivity contribution in [2.75, 3.05) is 4.43 Å². The van der Waals surface area contributed by atoms with Crippen LogP contribution >= 0.6 is 22.6 Å². The number of ether oxygens (including phenoxy) is 4. The van der Waals surface area contributed by atoms with E-state index in [0.29, 0.717) is 4.43 Å². The molecular formula is C11H15IO7. The van der Waals surface area contributed by atoms with Crippen molar-refractivity contribution in [2.24, 2.45) is 0 Å². The van der Waals surface area contributed by atoms with Gasteiger partial charge in [0.25, 0.3) is 0 Å². The van der Waals surface area contributed by atoms with Crippen LogP contribution in [0.1, 0.15) is 20.8 Å². The van der Waals surface area contributed by atoms with Gasteiger partial charge in [0.1, 0.15) is 6.10 Å². The van der Waals surface area contributed by atoms with E-state index in [1.54, 1.807) is 0 Å². The first kappa shape index (κ1) is 16.2. The van der Waals surface area contributed by atoms with E-state index in [-0.39, 0.29) is 0 Å². The minimum Gasteiger partial charge on any atom is -0.455 e. The number of alkyl halides is 1. The molecule has 0 amide bonds. The largest absolute Gasteiger partial charge is 0.455 e. The summed E-state index contributed by atoms with van der Waals surface area (Å²) in [6.45, 7) is 3.67. The van der Waals surface area contributed by atoms with Crippen LogP contribution in [0, 0.1) is 0 Å². The summed E-state index contributed by atoms with van der Waals surface area (Å²) in [7, 11) is 0. The first-order chi connectivity index (χ1) is 8.85. The van der Waals surface area contributed by atoms with Crippen LogP contribution in [0.25, 0.3) is 0 Å². The zero-order valence-corrected chi connectivity index (χ0v) is 12.9. The van der Waals surface area contributed by atoms with Crippen LogP contribution in [-0.4, -0.2) is 46.9 Å². The molecule has 1 rings (SSSR count). The van der Waals surface area contributed by atoms with Crippen LogP contribution in [-0.2, 0) is 33.3 Å². The van der Waals surface area contributed by atoms with Crippen molar-refractivity contribution in [3.05, 3.63) is 0 Å². The SMILES string of the molecule is CC(=O)OC1O[C@H](CI)[C@@H](OC(C)=O)[C@H]1OC(C)=O. The van der Waals surface area contributed by atoms with Gasteiger partial charge in [0.2, 0.25) is 12.4 Å². The lowest BCUT2D eigenvalue weighted by Gasteiger charge is -2.22. The minimum atomic E-state index is -1.06. The zero-order valence-electron chi connectivity index (χ0n) is 10.8. The van der Waals surface area contributed by atoms with Crippen molar-refractivity contribution in [1.82, 2.24) is 0 Å². The molecule has 0 aromatic carbocycles. The molecule has 7 nitrogen and oxygen atoms in total. The topological polar surface area (TPSA) is 88.1 Å². The minimum absolute atomic E-state index is 0.491. The second-order valence-electron chi connectivity index (χ2n) is 3.95. The number of carbonyl (C=O) groups is 3. The highest BCUT2D eigenvalue weighted by molar-refractivity contribution is 14.1. The smallest absolute Gasteiger partial charge is 0.305 e. The third-order valence-corrected chi connectivity index (χ3v) is 3.17. The molecule has 4 atom stereocenters. The molecule has 1 fully saturated rings. The Kier molecular flexibility index (Phi) is 5.98. The molecule has 0 saturated carbocycles. The first-order valence-corrected chi connectivity index (χ1v) is 7.10. The van der Waals surface area contributed by atoms with Gasteiger partial charge in [-0.25, -0.2) is 0 Å². The summed E-state index contributed by atoms with van der Waals surface area (Å²) in [5, 5.41) is 0. The van der Waals surface area contributed by atoms with Gasteiger partial charge in [0.15, 0.2) is 6.10 Å². The molecule has 0 aliphatic carbocycles. The molecule has 0 bridgehead atoms. The van der Waals surface area contributed by atoms with Gasteiger partial charge >= 0.3 is 17.9 Å². The summed E-state index contributed by atoms with van der Waals surface area (Å²) >= 11 is 2.04.